The summed E-state index contributed by atoms with van der Waals surface area (Å²) in [4.78, 5) is 0. The average Bonchev–Trinajstić information content (AvgIpc) is 2.75. The fourth-order valence-electron chi connectivity index (χ4n) is 3.80. The van der Waals surface area contributed by atoms with Gasteiger partial charge in [0.15, 0.2) is 6.29 Å². The molecule has 0 radical (unpaired) electrons. The minimum atomic E-state index is -1.18. The summed E-state index contributed by atoms with van der Waals surface area (Å²) in [5.74, 6) is 0. The molecular weight excluding hydrogens is 382 g/mol. The van der Waals surface area contributed by atoms with Crippen LogP contribution in [0.5, 0.6) is 0 Å². The molecule has 0 saturated carbocycles. The molecule has 0 bridgehead atoms. The fraction of sp³-hybridized carbons (Fsp3) is 0.917. The summed E-state index contributed by atoms with van der Waals surface area (Å²) in [6.45, 7) is 2.38. The third-order valence-electron chi connectivity index (χ3n) is 5.87. The van der Waals surface area contributed by atoms with Gasteiger partial charge in [-0.2, -0.15) is 0 Å². The predicted octanol–water partition coefficient (Wildman–Crippen LogP) is 3.81. The third-order valence-corrected chi connectivity index (χ3v) is 5.87. The summed E-state index contributed by atoms with van der Waals surface area (Å²) in [5.41, 5.74) is 5.85. The molecule has 0 aromatic carbocycles. The SMILES string of the molecule is CCCCCCCC/C=C\CCCCCCCCO[C@H]1O[C@H](CO)[C@@H](O)[C@H](O)[C@@H]1N. The van der Waals surface area contributed by atoms with Gasteiger partial charge in [0.25, 0.3) is 0 Å². The van der Waals surface area contributed by atoms with E-state index >= 15 is 0 Å². The lowest BCUT2D eigenvalue weighted by molar-refractivity contribution is -0.265. The molecule has 1 saturated heterocycles. The Balaban J connectivity index is 1.90. The molecule has 1 heterocycles. The first-order valence-electron chi connectivity index (χ1n) is 12.3. The molecule has 0 amide bonds. The normalized spacial score (nSPS) is 27.2. The van der Waals surface area contributed by atoms with Gasteiger partial charge in [-0.1, -0.05) is 76.9 Å². The molecule has 0 aromatic rings. The molecule has 178 valence electrons. The first kappa shape index (κ1) is 27.5. The first-order valence-corrected chi connectivity index (χ1v) is 12.3. The Hall–Kier alpha value is -0.500. The molecule has 1 fully saturated rings. The zero-order valence-electron chi connectivity index (χ0n) is 19.1. The molecule has 0 aromatic heterocycles. The lowest BCUT2D eigenvalue weighted by Gasteiger charge is -2.40. The van der Waals surface area contributed by atoms with Gasteiger partial charge in [-0.3, -0.25) is 0 Å². The molecule has 30 heavy (non-hydrogen) atoms. The van der Waals surface area contributed by atoms with Gasteiger partial charge in [0.1, 0.15) is 18.3 Å². The molecule has 1 aliphatic rings. The van der Waals surface area contributed by atoms with Crippen molar-refractivity contribution < 1.29 is 24.8 Å². The van der Waals surface area contributed by atoms with E-state index in [0.717, 1.165) is 12.8 Å². The van der Waals surface area contributed by atoms with E-state index in [-0.39, 0.29) is 6.61 Å². The minimum absolute atomic E-state index is 0.376. The van der Waals surface area contributed by atoms with Crippen LogP contribution in [0.3, 0.4) is 0 Å². The van der Waals surface area contributed by atoms with Gasteiger partial charge in [0, 0.05) is 6.61 Å². The third kappa shape index (κ3) is 11.8. The maximum absolute atomic E-state index is 9.91. The summed E-state index contributed by atoms with van der Waals surface area (Å²) in [6, 6.07) is -0.808. The van der Waals surface area contributed by atoms with Gasteiger partial charge in [0.05, 0.1) is 12.6 Å². The van der Waals surface area contributed by atoms with E-state index in [1.54, 1.807) is 0 Å². The molecule has 6 heteroatoms. The molecule has 6 nitrogen and oxygen atoms in total. The maximum Gasteiger partial charge on any atom is 0.175 e. The van der Waals surface area contributed by atoms with Gasteiger partial charge in [-0.25, -0.2) is 0 Å². The number of rotatable bonds is 18. The van der Waals surface area contributed by atoms with Crippen molar-refractivity contribution in [1.82, 2.24) is 0 Å². The zero-order valence-corrected chi connectivity index (χ0v) is 19.1. The molecule has 5 atom stereocenters. The van der Waals surface area contributed by atoms with E-state index in [4.69, 9.17) is 15.2 Å². The molecule has 0 aliphatic carbocycles. The molecule has 1 aliphatic heterocycles. The number of nitrogens with two attached hydrogens (primary N) is 1. The molecule has 1 rings (SSSR count). The Bertz CT molecular complexity index is 418. The predicted molar refractivity (Wildman–Crippen MR) is 121 cm³/mol. The first-order chi connectivity index (χ1) is 14.6. The second-order valence-electron chi connectivity index (χ2n) is 8.59. The van der Waals surface area contributed by atoms with Crippen molar-refractivity contribution in [3.63, 3.8) is 0 Å². The van der Waals surface area contributed by atoms with Crippen molar-refractivity contribution >= 4 is 0 Å². The van der Waals surface area contributed by atoms with Crippen LogP contribution in [0.4, 0.5) is 0 Å². The van der Waals surface area contributed by atoms with Crippen LogP contribution in [0.1, 0.15) is 96.8 Å². The van der Waals surface area contributed by atoms with Gasteiger partial charge in [-0.05, 0) is 32.1 Å². The number of unbranched alkanes of at least 4 members (excludes halogenated alkanes) is 12. The Kier molecular flexibility index (Phi) is 16.6. The van der Waals surface area contributed by atoms with Crippen LogP contribution in [-0.2, 0) is 9.47 Å². The number of hydrogen-bond acceptors (Lipinski definition) is 6. The standard InChI is InChI=1S/C24H47NO5/c1-2-3-4-5-6-7-8-9-10-11-12-13-14-15-16-17-18-29-24-21(25)23(28)22(27)20(19-26)30-24/h9-10,20-24,26-28H,2-8,11-19,25H2,1H3/b10-9-/t20-,21+,22-,23-,24+/m1/s1. The highest BCUT2D eigenvalue weighted by atomic mass is 16.7. The van der Waals surface area contributed by atoms with E-state index < -0.39 is 30.6 Å². The van der Waals surface area contributed by atoms with Crippen molar-refractivity contribution in [2.75, 3.05) is 13.2 Å². The largest absolute Gasteiger partial charge is 0.394 e. The van der Waals surface area contributed by atoms with Crippen molar-refractivity contribution in [2.24, 2.45) is 5.73 Å². The van der Waals surface area contributed by atoms with Gasteiger partial charge < -0.3 is 30.5 Å². The minimum Gasteiger partial charge on any atom is -0.394 e. The maximum atomic E-state index is 9.91. The quantitative estimate of drug-likeness (QED) is 0.195. The van der Waals surface area contributed by atoms with Crippen LogP contribution in [0.2, 0.25) is 0 Å². The van der Waals surface area contributed by atoms with Crippen molar-refractivity contribution in [3.05, 3.63) is 12.2 Å². The topological polar surface area (TPSA) is 105 Å². The Morgan fingerprint density at radius 3 is 1.90 bits per heavy atom. The summed E-state index contributed by atoms with van der Waals surface area (Å²) in [7, 11) is 0. The average molecular weight is 430 g/mol. The van der Waals surface area contributed by atoms with Crippen LogP contribution < -0.4 is 5.73 Å². The summed E-state index contributed by atoms with van der Waals surface area (Å²) < 4.78 is 11.1. The Labute approximate surface area is 183 Å². The molecular formula is C24H47NO5. The van der Waals surface area contributed by atoms with Crippen LogP contribution in [0.15, 0.2) is 12.2 Å². The van der Waals surface area contributed by atoms with E-state index in [1.807, 2.05) is 0 Å². The van der Waals surface area contributed by atoms with E-state index in [9.17, 15) is 15.3 Å². The molecule has 0 unspecified atom stereocenters. The van der Waals surface area contributed by atoms with Gasteiger partial charge in [0.2, 0.25) is 0 Å². The zero-order chi connectivity index (χ0) is 22.0. The van der Waals surface area contributed by atoms with Crippen molar-refractivity contribution in [2.45, 2.75) is 127 Å². The number of aliphatic hydroxyl groups excluding tert-OH is 3. The van der Waals surface area contributed by atoms with Crippen molar-refractivity contribution in [1.29, 1.82) is 0 Å². The van der Waals surface area contributed by atoms with Crippen LogP contribution in [0.25, 0.3) is 0 Å². The van der Waals surface area contributed by atoms with Crippen molar-refractivity contribution in [3.8, 4) is 0 Å². The highest BCUT2D eigenvalue weighted by molar-refractivity contribution is 4.91. The Morgan fingerprint density at radius 2 is 1.33 bits per heavy atom. The lowest BCUT2D eigenvalue weighted by Crippen LogP contribution is -2.62. The van der Waals surface area contributed by atoms with Gasteiger partial charge >= 0.3 is 0 Å². The number of hydrogen-bond donors (Lipinski definition) is 4. The highest BCUT2D eigenvalue weighted by Crippen LogP contribution is 2.21. The summed E-state index contributed by atoms with van der Waals surface area (Å²) in [5, 5.41) is 28.9. The lowest BCUT2D eigenvalue weighted by atomic mass is 9.98. The van der Waals surface area contributed by atoms with Crippen LogP contribution >= 0.6 is 0 Å². The second-order valence-corrected chi connectivity index (χ2v) is 8.59. The van der Waals surface area contributed by atoms with E-state index in [2.05, 4.69) is 19.1 Å². The number of ether oxygens (including phenoxy) is 2. The fourth-order valence-corrected chi connectivity index (χ4v) is 3.80. The monoisotopic (exact) mass is 429 g/mol. The van der Waals surface area contributed by atoms with Gasteiger partial charge in [-0.15, -0.1) is 0 Å². The highest BCUT2D eigenvalue weighted by Gasteiger charge is 2.42. The molecule has 0 spiro atoms. The summed E-state index contributed by atoms with van der Waals surface area (Å²) in [6.07, 6.45) is 18.3. The summed E-state index contributed by atoms with van der Waals surface area (Å²) >= 11 is 0. The van der Waals surface area contributed by atoms with E-state index in [1.165, 1.54) is 77.0 Å². The molecule has 5 N–H and O–H groups in total. The van der Waals surface area contributed by atoms with Crippen LogP contribution in [-0.4, -0.2) is 59.2 Å². The van der Waals surface area contributed by atoms with Crippen LogP contribution in [0, 0.1) is 0 Å². The smallest absolute Gasteiger partial charge is 0.175 e. The number of allylic oxidation sites excluding steroid dienone is 2. The Morgan fingerprint density at radius 1 is 0.800 bits per heavy atom. The number of aliphatic hydroxyl groups is 3. The second kappa shape index (κ2) is 18.1. The van der Waals surface area contributed by atoms with E-state index in [0.29, 0.717) is 6.61 Å².